The van der Waals surface area contributed by atoms with Gasteiger partial charge in [0.05, 0.1) is 6.20 Å². The Labute approximate surface area is 97.1 Å². The number of anilines is 1. The molecule has 1 aliphatic rings. The molecule has 2 heterocycles. The van der Waals surface area contributed by atoms with Gasteiger partial charge in [-0.05, 0) is 26.2 Å². The molecule has 3 nitrogen and oxygen atoms in total. The number of aromatic amines is 1. The fourth-order valence-corrected chi connectivity index (χ4v) is 1.78. The topological polar surface area (TPSA) is 31.9 Å². The normalized spacial score (nSPS) is 15.6. The van der Waals surface area contributed by atoms with Crippen LogP contribution < -0.4 is 4.90 Å². The van der Waals surface area contributed by atoms with Crippen molar-refractivity contribution in [2.45, 2.75) is 26.2 Å². The number of nitrogens with zero attached hydrogens (tertiary/aromatic N) is 2. The summed E-state index contributed by atoms with van der Waals surface area (Å²) in [6.07, 6.45) is 5.91. The highest BCUT2D eigenvalue weighted by molar-refractivity contribution is 5.85. The van der Waals surface area contributed by atoms with Crippen molar-refractivity contribution < 1.29 is 0 Å². The number of H-pyrrole nitrogens is 1. The zero-order valence-electron chi connectivity index (χ0n) is 8.32. The van der Waals surface area contributed by atoms with Crippen molar-refractivity contribution in [3.05, 3.63) is 11.8 Å². The molecule has 14 heavy (non-hydrogen) atoms. The van der Waals surface area contributed by atoms with Gasteiger partial charge in [0.15, 0.2) is 0 Å². The summed E-state index contributed by atoms with van der Waals surface area (Å²) in [6, 6.07) is 0. The molecule has 5 heteroatoms. The first kappa shape index (κ1) is 13.6. The second-order valence-corrected chi connectivity index (χ2v) is 3.45. The fourth-order valence-electron chi connectivity index (χ4n) is 1.78. The Bertz CT molecular complexity index is 256. The van der Waals surface area contributed by atoms with Crippen LogP contribution in [-0.2, 0) is 0 Å². The van der Waals surface area contributed by atoms with E-state index in [9.17, 15) is 0 Å². The van der Waals surface area contributed by atoms with E-state index in [-0.39, 0.29) is 24.8 Å². The van der Waals surface area contributed by atoms with E-state index in [1.165, 1.54) is 43.7 Å². The van der Waals surface area contributed by atoms with Gasteiger partial charge >= 0.3 is 0 Å². The van der Waals surface area contributed by atoms with Crippen molar-refractivity contribution in [3.63, 3.8) is 0 Å². The molecule has 0 unspecified atom stereocenters. The molecule has 0 radical (unpaired) electrons. The molecule has 1 fully saturated rings. The highest BCUT2D eigenvalue weighted by Crippen LogP contribution is 2.19. The van der Waals surface area contributed by atoms with Crippen LogP contribution in [0.4, 0.5) is 5.82 Å². The summed E-state index contributed by atoms with van der Waals surface area (Å²) in [4.78, 5) is 2.39. The molecule has 0 saturated carbocycles. The first-order chi connectivity index (χ1) is 5.88. The largest absolute Gasteiger partial charge is 0.357 e. The van der Waals surface area contributed by atoms with Crippen molar-refractivity contribution >= 4 is 30.6 Å². The second-order valence-electron chi connectivity index (χ2n) is 3.45. The Morgan fingerprint density at radius 2 is 1.86 bits per heavy atom. The van der Waals surface area contributed by atoms with E-state index in [1.54, 1.807) is 0 Å². The highest BCUT2D eigenvalue weighted by Gasteiger charge is 2.13. The highest BCUT2D eigenvalue weighted by atomic mass is 35.5. The maximum Gasteiger partial charge on any atom is 0.126 e. The van der Waals surface area contributed by atoms with Crippen LogP contribution in [-0.4, -0.2) is 23.3 Å². The Kier molecular flexibility index (Phi) is 5.96. The zero-order valence-corrected chi connectivity index (χ0v) is 9.96. The standard InChI is InChI=1S/C9H15N3.2ClH/c1-8-7-10-11-9(8)12-5-3-2-4-6-12;;/h7H,2-6H2,1H3,(H,10,11);2*1H. The van der Waals surface area contributed by atoms with Crippen LogP contribution >= 0.6 is 24.8 Å². The molecule has 2 rings (SSSR count). The lowest BCUT2D eigenvalue weighted by atomic mass is 10.1. The smallest absolute Gasteiger partial charge is 0.126 e. The van der Waals surface area contributed by atoms with Crippen LogP contribution in [0, 0.1) is 6.92 Å². The van der Waals surface area contributed by atoms with Gasteiger partial charge in [0.1, 0.15) is 5.82 Å². The van der Waals surface area contributed by atoms with E-state index in [0.717, 1.165) is 0 Å². The average Bonchev–Trinajstić information content (AvgIpc) is 2.53. The van der Waals surface area contributed by atoms with E-state index >= 15 is 0 Å². The summed E-state index contributed by atoms with van der Waals surface area (Å²) in [5, 5.41) is 7.08. The number of halogens is 2. The van der Waals surface area contributed by atoms with Gasteiger partial charge in [-0.3, -0.25) is 5.10 Å². The third-order valence-corrected chi connectivity index (χ3v) is 2.47. The van der Waals surface area contributed by atoms with Crippen molar-refractivity contribution in [1.82, 2.24) is 10.2 Å². The van der Waals surface area contributed by atoms with Crippen molar-refractivity contribution in [2.75, 3.05) is 18.0 Å². The molecule has 0 aliphatic carbocycles. The van der Waals surface area contributed by atoms with Crippen LogP contribution in [0.3, 0.4) is 0 Å². The van der Waals surface area contributed by atoms with E-state index in [2.05, 4.69) is 22.0 Å². The molecule has 1 aromatic heterocycles. The maximum absolute atomic E-state index is 4.03. The van der Waals surface area contributed by atoms with E-state index in [1.807, 2.05) is 6.20 Å². The second kappa shape index (κ2) is 6.14. The number of hydrogen-bond acceptors (Lipinski definition) is 2. The molecule has 0 aromatic carbocycles. The quantitative estimate of drug-likeness (QED) is 0.815. The molecular formula is C9H17Cl2N3. The van der Waals surface area contributed by atoms with Crippen molar-refractivity contribution in [1.29, 1.82) is 0 Å². The molecule has 0 bridgehead atoms. The number of hydrogen-bond donors (Lipinski definition) is 1. The van der Waals surface area contributed by atoms with E-state index < -0.39 is 0 Å². The van der Waals surface area contributed by atoms with Gasteiger partial charge in [-0.1, -0.05) is 0 Å². The van der Waals surface area contributed by atoms with Gasteiger partial charge in [0, 0.05) is 18.7 Å². The Morgan fingerprint density at radius 1 is 1.21 bits per heavy atom. The number of rotatable bonds is 1. The molecule has 0 atom stereocenters. The number of nitrogens with one attached hydrogen (secondary N) is 1. The molecular weight excluding hydrogens is 221 g/mol. The number of piperidine rings is 1. The molecule has 1 saturated heterocycles. The SMILES string of the molecule is Cc1cn[nH]c1N1CCCCC1.Cl.Cl. The van der Waals surface area contributed by atoms with Crippen LogP contribution in [0.15, 0.2) is 6.20 Å². The molecule has 1 N–H and O–H groups in total. The lowest BCUT2D eigenvalue weighted by molar-refractivity contribution is 0.572. The fraction of sp³-hybridized carbons (Fsp3) is 0.667. The van der Waals surface area contributed by atoms with Gasteiger partial charge in [0.2, 0.25) is 0 Å². The predicted octanol–water partition coefficient (Wildman–Crippen LogP) is 2.55. The Morgan fingerprint density at radius 3 is 2.36 bits per heavy atom. The molecule has 1 aliphatic heterocycles. The minimum atomic E-state index is 0. The zero-order chi connectivity index (χ0) is 8.39. The summed E-state index contributed by atoms with van der Waals surface area (Å²) in [5.74, 6) is 1.22. The summed E-state index contributed by atoms with van der Waals surface area (Å²) < 4.78 is 0. The molecule has 0 spiro atoms. The van der Waals surface area contributed by atoms with Gasteiger partial charge in [-0.2, -0.15) is 5.10 Å². The average molecular weight is 238 g/mol. The van der Waals surface area contributed by atoms with Crippen LogP contribution in [0.1, 0.15) is 24.8 Å². The van der Waals surface area contributed by atoms with Crippen LogP contribution in [0.5, 0.6) is 0 Å². The summed E-state index contributed by atoms with van der Waals surface area (Å²) in [6.45, 7) is 4.47. The third-order valence-electron chi connectivity index (χ3n) is 2.47. The van der Waals surface area contributed by atoms with Gasteiger partial charge < -0.3 is 4.90 Å². The lowest BCUT2D eigenvalue weighted by Crippen LogP contribution is -2.30. The third kappa shape index (κ3) is 2.79. The van der Waals surface area contributed by atoms with E-state index in [0.29, 0.717) is 0 Å². The molecule has 1 aromatic rings. The summed E-state index contributed by atoms with van der Waals surface area (Å²) in [7, 11) is 0. The predicted molar refractivity (Wildman–Crippen MR) is 63.9 cm³/mol. The van der Waals surface area contributed by atoms with E-state index in [4.69, 9.17) is 0 Å². The van der Waals surface area contributed by atoms with Gasteiger partial charge in [0.25, 0.3) is 0 Å². The monoisotopic (exact) mass is 237 g/mol. The maximum atomic E-state index is 4.03. The van der Waals surface area contributed by atoms with Crippen LogP contribution in [0.2, 0.25) is 0 Å². The Hall–Kier alpha value is -0.410. The van der Waals surface area contributed by atoms with Gasteiger partial charge in [-0.25, -0.2) is 0 Å². The molecule has 82 valence electrons. The van der Waals surface area contributed by atoms with Gasteiger partial charge in [-0.15, -0.1) is 24.8 Å². The first-order valence-corrected chi connectivity index (χ1v) is 4.63. The van der Waals surface area contributed by atoms with Crippen LogP contribution in [0.25, 0.3) is 0 Å². The number of aromatic nitrogens is 2. The summed E-state index contributed by atoms with van der Waals surface area (Å²) in [5.41, 5.74) is 1.26. The Balaban J connectivity index is 0.000000845. The minimum Gasteiger partial charge on any atom is -0.357 e. The lowest BCUT2D eigenvalue weighted by Gasteiger charge is -2.27. The van der Waals surface area contributed by atoms with Crippen molar-refractivity contribution in [3.8, 4) is 0 Å². The number of aryl methyl sites for hydroxylation is 1. The molecule has 0 amide bonds. The first-order valence-electron chi connectivity index (χ1n) is 4.63. The summed E-state index contributed by atoms with van der Waals surface area (Å²) >= 11 is 0. The minimum absolute atomic E-state index is 0. The van der Waals surface area contributed by atoms with Crippen molar-refractivity contribution in [2.24, 2.45) is 0 Å².